The van der Waals surface area contributed by atoms with E-state index in [2.05, 4.69) is 26.5 Å². The van der Waals surface area contributed by atoms with Crippen LogP contribution in [0.15, 0.2) is 46.0 Å². The minimum Gasteiger partial charge on any atom is -0.496 e. The average Bonchev–Trinajstić information content (AvgIpc) is 2.62. The van der Waals surface area contributed by atoms with Gasteiger partial charge in [-0.15, -0.1) is 0 Å². The number of nitrogens with zero attached hydrogens (tertiary/aromatic N) is 1. The number of methoxy groups -OCH3 is 3. The van der Waals surface area contributed by atoms with E-state index in [1.54, 1.807) is 50.6 Å². The third-order valence-corrected chi connectivity index (χ3v) is 4.05. The number of hydrogen-bond acceptors (Lipinski definition) is 5. The summed E-state index contributed by atoms with van der Waals surface area (Å²) >= 11 is 3.44. The zero-order valence-corrected chi connectivity index (χ0v) is 15.1. The molecule has 0 spiro atoms. The number of benzene rings is 2. The molecule has 0 radical (unpaired) electrons. The highest BCUT2D eigenvalue weighted by Gasteiger charge is 2.12. The number of carbonyl (C=O) groups is 1. The minimum atomic E-state index is -0.361. The zero-order valence-electron chi connectivity index (χ0n) is 13.5. The van der Waals surface area contributed by atoms with Crippen molar-refractivity contribution in [2.45, 2.75) is 0 Å². The fourth-order valence-electron chi connectivity index (χ4n) is 2.06. The smallest absolute Gasteiger partial charge is 0.275 e. The maximum Gasteiger partial charge on any atom is 0.275 e. The van der Waals surface area contributed by atoms with Gasteiger partial charge in [-0.25, -0.2) is 5.43 Å². The molecular formula is C17H17BrN2O4. The van der Waals surface area contributed by atoms with Gasteiger partial charge < -0.3 is 14.2 Å². The number of amides is 1. The second kappa shape index (κ2) is 8.35. The molecule has 126 valence electrons. The lowest BCUT2D eigenvalue weighted by Crippen LogP contribution is -2.18. The quantitative estimate of drug-likeness (QED) is 0.605. The second-order valence-corrected chi connectivity index (χ2v) is 5.40. The number of para-hydroxylation sites is 1. The molecule has 0 unspecified atom stereocenters. The van der Waals surface area contributed by atoms with Crippen molar-refractivity contribution < 1.29 is 19.0 Å². The summed E-state index contributed by atoms with van der Waals surface area (Å²) in [7, 11) is 4.62. The number of rotatable bonds is 6. The van der Waals surface area contributed by atoms with Gasteiger partial charge >= 0.3 is 0 Å². The highest BCUT2D eigenvalue weighted by Crippen LogP contribution is 2.36. The Bertz CT molecular complexity index is 762. The predicted octanol–water partition coefficient (Wildman–Crippen LogP) is 3.24. The Morgan fingerprint density at radius 2 is 1.75 bits per heavy atom. The lowest BCUT2D eigenvalue weighted by atomic mass is 10.2. The number of hydrogen-bond donors (Lipinski definition) is 1. The van der Waals surface area contributed by atoms with Crippen LogP contribution in [0.4, 0.5) is 0 Å². The number of ether oxygens (including phenoxy) is 3. The Labute approximate surface area is 148 Å². The Morgan fingerprint density at radius 1 is 1.04 bits per heavy atom. The molecule has 2 aromatic rings. The molecule has 0 bridgehead atoms. The number of carbonyl (C=O) groups excluding carboxylic acids is 1. The van der Waals surface area contributed by atoms with Crippen LogP contribution in [-0.4, -0.2) is 33.5 Å². The molecule has 0 atom stereocenters. The van der Waals surface area contributed by atoms with E-state index in [9.17, 15) is 4.79 Å². The predicted molar refractivity (Wildman–Crippen MR) is 95.3 cm³/mol. The van der Waals surface area contributed by atoms with E-state index in [1.807, 2.05) is 0 Å². The molecule has 7 heteroatoms. The first kappa shape index (κ1) is 17.8. The molecule has 1 N–H and O–H groups in total. The molecule has 0 aliphatic rings. The Morgan fingerprint density at radius 3 is 2.42 bits per heavy atom. The van der Waals surface area contributed by atoms with Gasteiger partial charge in [-0.3, -0.25) is 4.79 Å². The van der Waals surface area contributed by atoms with E-state index < -0.39 is 0 Å². The van der Waals surface area contributed by atoms with Gasteiger partial charge in [0.1, 0.15) is 5.75 Å². The molecular weight excluding hydrogens is 376 g/mol. The first-order valence-electron chi connectivity index (χ1n) is 6.99. The summed E-state index contributed by atoms with van der Waals surface area (Å²) in [5.74, 6) is 1.27. The summed E-state index contributed by atoms with van der Waals surface area (Å²) in [6, 6.07) is 10.5. The number of halogens is 1. The van der Waals surface area contributed by atoms with Crippen molar-refractivity contribution in [1.82, 2.24) is 5.43 Å². The molecule has 0 aliphatic carbocycles. The van der Waals surface area contributed by atoms with E-state index in [-0.39, 0.29) is 5.91 Å². The lowest BCUT2D eigenvalue weighted by molar-refractivity contribution is 0.0952. The van der Waals surface area contributed by atoms with E-state index in [1.165, 1.54) is 13.3 Å². The van der Waals surface area contributed by atoms with Gasteiger partial charge in [0.25, 0.3) is 5.91 Å². The van der Waals surface area contributed by atoms with Crippen molar-refractivity contribution in [2.24, 2.45) is 5.10 Å². The van der Waals surface area contributed by atoms with Crippen LogP contribution >= 0.6 is 15.9 Å². The molecule has 0 saturated carbocycles. The Kier molecular flexibility index (Phi) is 6.20. The van der Waals surface area contributed by atoms with Crippen molar-refractivity contribution in [3.05, 3.63) is 52.0 Å². The molecule has 1 amide bonds. The molecule has 2 aromatic carbocycles. The number of nitrogens with one attached hydrogen (secondary N) is 1. The van der Waals surface area contributed by atoms with Crippen molar-refractivity contribution in [3.8, 4) is 17.2 Å². The maximum absolute atomic E-state index is 12.2. The summed E-state index contributed by atoms with van der Waals surface area (Å²) in [4.78, 5) is 12.2. The van der Waals surface area contributed by atoms with Crippen LogP contribution in [0.1, 0.15) is 15.9 Å². The summed E-state index contributed by atoms with van der Waals surface area (Å²) < 4.78 is 16.3. The highest BCUT2D eigenvalue weighted by atomic mass is 79.9. The van der Waals surface area contributed by atoms with Gasteiger partial charge in [-0.05, 0) is 40.2 Å². The zero-order chi connectivity index (χ0) is 17.5. The normalized spacial score (nSPS) is 10.5. The largest absolute Gasteiger partial charge is 0.496 e. The fourth-order valence-corrected chi connectivity index (χ4v) is 2.65. The van der Waals surface area contributed by atoms with Crippen molar-refractivity contribution >= 4 is 28.1 Å². The van der Waals surface area contributed by atoms with Crippen LogP contribution in [-0.2, 0) is 0 Å². The van der Waals surface area contributed by atoms with Crippen LogP contribution < -0.4 is 19.6 Å². The molecule has 0 fully saturated rings. The molecule has 24 heavy (non-hydrogen) atoms. The highest BCUT2D eigenvalue weighted by molar-refractivity contribution is 9.10. The van der Waals surface area contributed by atoms with Gasteiger partial charge in [-0.2, -0.15) is 5.10 Å². The van der Waals surface area contributed by atoms with Crippen LogP contribution in [0, 0.1) is 0 Å². The summed E-state index contributed by atoms with van der Waals surface area (Å²) in [6.07, 6.45) is 1.51. The Balaban J connectivity index is 2.16. The van der Waals surface area contributed by atoms with Crippen LogP contribution in [0.5, 0.6) is 17.2 Å². The van der Waals surface area contributed by atoms with E-state index >= 15 is 0 Å². The van der Waals surface area contributed by atoms with E-state index in [0.29, 0.717) is 27.3 Å². The molecule has 2 rings (SSSR count). The van der Waals surface area contributed by atoms with E-state index in [0.717, 1.165) is 5.56 Å². The van der Waals surface area contributed by atoms with Crippen LogP contribution in [0.25, 0.3) is 0 Å². The molecule has 0 aromatic heterocycles. The lowest BCUT2D eigenvalue weighted by Gasteiger charge is -2.11. The van der Waals surface area contributed by atoms with Gasteiger partial charge in [0.15, 0.2) is 11.5 Å². The van der Waals surface area contributed by atoms with Crippen LogP contribution in [0.3, 0.4) is 0 Å². The summed E-state index contributed by atoms with van der Waals surface area (Å²) in [6.45, 7) is 0. The van der Waals surface area contributed by atoms with Crippen molar-refractivity contribution in [2.75, 3.05) is 21.3 Å². The first-order chi connectivity index (χ1) is 11.6. The molecule has 0 aliphatic heterocycles. The molecule has 0 saturated heterocycles. The number of hydrazone groups is 1. The SMILES string of the molecule is COc1ccccc1C(=O)N/N=C/c1ccc(OC)c(OC)c1Br. The monoisotopic (exact) mass is 392 g/mol. The van der Waals surface area contributed by atoms with Crippen molar-refractivity contribution in [3.63, 3.8) is 0 Å². The Hall–Kier alpha value is -2.54. The summed E-state index contributed by atoms with van der Waals surface area (Å²) in [5, 5.41) is 3.98. The van der Waals surface area contributed by atoms with Gasteiger partial charge in [-0.1, -0.05) is 12.1 Å². The first-order valence-corrected chi connectivity index (χ1v) is 7.78. The molecule has 0 heterocycles. The minimum absolute atomic E-state index is 0.361. The van der Waals surface area contributed by atoms with Gasteiger partial charge in [0.2, 0.25) is 0 Å². The van der Waals surface area contributed by atoms with Crippen LogP contribution in [0.2, 0.25) is 0 Å². The van der Waals surface area contributed by atoms with E-state index in [4.69, 9.17) is 14.2 Å². The third-order valence-electron chi connectivity index (χ3n) is 3.24. The second-order valence-electron chi connectivity index (χ2n) is 4.60. The third kappa shape index (κ3) is 3.86. The average molecular weight is 393 g/mol. The summed E-state index contributed by atoms with van der Waals surface area (Å²) in [5.41, 5.74) is 3.61. The fraction of sp³-hybridized carbons (Fsp3) is 0.176. The maximum atomic E-state index is 12.2. The standard InChI is InChI=1S/C17H17BrN2O4/c1-22-13-7-5-4-6-12(13)17(21)20-19-10-11-8-9-14(23-2)16(24-3)15(11)18/h4-10H,1-3H3,(H,20,21)/b19-10+. The topological polar surface area (TPSA) is 69.2 Å². The van der Waals surface area contributed by atoms with Crippen molar-refractivity contribution in [1.29, 1.82) is 0 Å². The molecule has 6 nitrogen and oxygen atoms in total. The van der Waals surface area contributed by atoms with Gasteiger partial charge in [0, 0.05) is 5.56 Å². The van der Waals surface area contributed by atoms with Gasteiger partial charge in [0.05, 0.1) is 37.6 Å².